The van der Waals surface area contributed by atoms with Crippen molar-refractivity contribution in [1.29, 1.82) is 0 Å². The fraction of sp³-hybridized carbons (Fsp3) is 0.789. The summed E-state index contributed by atoms with van der Waals surface area (Å²) >= 11 is 0. The number of guanidine groups is 1. The zero-order chi connectivity index (χ0) is 19.8. The van der Waals surface area contributed by atoms with Crippen molar-refractivity contribution in [2.24, 2.45) is 18.0 Å². The van der Waals surface area contributed by atoms with Crippen LogP contribution in [0.25, 0.3) is 0 Å². The molecule has 0 spiro atoms. The fourth-order valence-corrected chi connectivity index (χ4v) is 3.42. The number of ether oxygens (including phenoxy) is 1. The van der Waals surface area contributed by atoms with Gasteiger partial charge in [-0.05, 0) is 20.0 Å². The van der Waals surface area contributed by atoms with E-state index in [9.17, 15) is 0 Å². The van der Waals surface area contributed by atoms with Gasteiger partial charge in [0.2, 0.25) is 0 Å². The first-order chi connectivity index (χ1) is 12.9. The first kappa shape index (κ1) is 21.7. The number of likely N-dealkylation sites (N-methyl/N-ethyl adjacent to an activating group) is 1. The first-order valence-electron chi connectivity index (χ1n) is 9.82. The van der Waals surface area contributed by atoms with E-state index in [0.717, 1.165) is 45.3 Å². The summed E-state index contributed by atoms with van der Waals surface area (Å²) < 4.78 is 7.75. The van der Waals surface area contributed by atoms with Crippen LogP contribution >= 0.6 is 0 Å². The molecular formula is C19H37N7O. The molecule has 2 unspecified atom stereocenters. The standard InChI is InChI=1S/C19H37N7O/c1-15(2)12-26-7-8-27-17(14-26)10-21-19(20-3)22-11-18(24(4)5)16-9-23-25(6)13-16/h9,13,15,17-18H,7-8,10-12,14H2,1-6H3,(H2,20,21,22). The number of rotatable bonds is 8. The summed E-state index contributed by atoms with van der Waals surface area (Å²) in [5, 5.41) is 11.1. The molecule has 0 bridgehead atoms. The van der Waals surface area contributed by atoms with Crippen molar-refractivity contribution in [1.82, 2.24) is 30.2 Å². The van der Waals surface area contributed by atoms with Crippen LogP contribution in [0.2, 0.25) is 0 Å². The highest BCUT2D eigenvalue weighted by atomic mass is 16.5. The van der Waals surface area contributed by atoms with Crippen molar-refractivity contribution in [3.05, 3.63) is 18.0 Å². The molecule has 0 aromatic carbocycles. The Labute approximate surface area is 164 Å². The molecule has 2 N–H and O–H groups in total. The van der Waals surface area contributed by atoms with Crippen molar-refractivity contribution in [3.63, 3.8) is 0 Å². The molecule has 0 aliphatic carbocycles. The average Bonchev–Trinajstić information content (AvgIpc) is 3.03. The summed E-state index contributed by atoms with van der Waals surface area (Å²) in [6.45, 7) is 9.96. The van der Waals surface area contributed by atoms with E-state index >= 15 is 0 Å². The third kappa shape index (κ3) is 7.12. The van der Waals surface area contributed by atoms with E-state index in [0.29, 0.717) is 5.92 Å². The number of aliphatic imine (C=N–C) groups is 1. The summed E-state index contributed by atoms with van der Waals surface area (Å²) in [5.74, 6) is 1.48. The van der Waals surface area contributed by atoms with Gasteiger partial charge in [-0.2, -0.15) is 5.10 Å². The van der Waals surface area contributed by atoms with Gasteiger partial charge in [-0.3, -0.25) is 14.6 Å². The molecule has 0 radical (unpaired) electrons. The van der Waals surface area contributed by atoms with Gasteiger partial charge in [0.05, 0.1) is 24.9 Å². The van der Waals surface area contributed by atoms with Crippen molar-refractivity contribution in [3.8, 4) is 0 Å². The second kappa shape index (κ2) is 10.6. The molecule has 2 rings (SSSR count). The number of hydrogen-bond acceptors (Lipinski definition) is 5. The van der Waals surface area contributed by atoms with Gasteiger partial charge in [-0.25, -0.2) is 0 Å². The van der Waals surface area contributed by atoms with Gasteiger partial charge in [0.15, 0.2) is 5.96 Å². The van der Waals surface area contributed by atoms with Crippen LogP contribution in [0.4, 0.5) is 0 Å². The van der Waals surface area contributed by atoms with Crippen molar-refractivity contribution < 1.29 is 4.74 Å². The molecule has 0 amide bonds. The smallest absolute Gasteiger partial charge is 0.191 e. The molecule has 27 heavy (non-hydrogen) atoms. The predicted octanol–water partition coefficient (Wildman–Crippen LogP) is 0.545. The number of nitrogens with one attached hydrogen (secondary N) is 2. The van der Waals surface area contributed by atoms with Crippen LogP contribution in [0.3, 0.4) is 0 Å². The highest BCUT2D eigenvalue weighted by Crippen LogP contribution is 2.16. The second-order valence-electron chi connectivity index (χ2n) is 7.91. The number of hydrogen-bond donors (Lipinski definition) is 2. The van der Waals surface area contributed by atoms with E-state index in [4.69, 9.17) is 4.74 Å². The zero-order valence-corrected chi connectivity index (χ0v) is 17.8. The SMILES string of the molecule is CN=C(NCC1CN(CC(C)C)CCO1)NCC(c1cnn(C)c1)N(C)C. The Bertz CT molecular complexity index is 584. The highest BCUT2D eigenvalue weighted by molar-refractivity contribution is 5.79. The van der Waals surface area contributed by atoms with Crippen molar-refractivity contribution in [2.75, 3.05) is 60.5 Å². The third-order valence-electron chi connectivity index (χ3n) is 4.76. The van der Waals surface area contributed by atoms with Crippen LogP contribution in [0.5, 0.6) is 0 Å². The van der Waals surface area contributed by atoms with Crippen molar-refractivity contribution in [2.45, 2.75) is 26.0 Å². The predicted molar refractivity (Wildman–Crippen MR) is 110 cm³/mol. The Hall–Kier alpha value is -1.64. The molecule has 1 aromatic heterocycles. The van der Waals surface area contributed by atoms with Gasteiger partial charge < -0.3 is 20.3 Å². The molecule has 1 aliphatic heterocycles. The normalized spacial score (nSPS) is 20.3. The minimum absolute atomic E-state index is 0.194. The number of aryl methyl sites for hydroxylation is 1. The summed E-state index contributed by atoms with van der Waals surface area (Å²) in [4.78, 5) is 9.03. The molecule has 154 valence electrons. The molecule has 1 aromatic rings. The summed E-state index contributed by atoms with van der Waals surface area (Å²) in [7, 11) is 7.90. The Morgan fingerprint density at radius 3 is 2.78 bits per heavy atom. The topological polar surface area (TPSA) is 70.0 Å². The fourth-order valence-electron chi connectivity index (χ4n) is 3.42. The van der Waals surface area contributed by atoms with E-state index < -0.39 is 0 Å². The molecule has 8 nitrogen and oxygen atoms in total. The number of morpholine rings is 1. The highest BCUT2D eigenvalue weighted by Gasteiger charge is 2.21. The molecule has 1 saturated heterocycles. The molecule has 2 atom stereocenters. The molecule has 0 saturated carbocycles. The molecule has 2 heterocycles. The van der Waals surface area contributed by atoms with E-state index in [1.54, 1.807) is 7.05 Å². The minimum Gasteiger partial charge on any atom is -0.374 e. The van der Waals surface area contributed by atoms with Gasteiger partial charge >= 0.3 is 0 Å². The van der Waals surface area contributed by atoms with E-state index in [1.807, 2.05) is 17.9 Å². The van der Waals surface area contributed by atoms with Crippen LogP contribution in [-0.2, 0) is 11.8 Å². The zero-order valence-electron chi connectivity index (χ0n) is 17.8. The maximum atomic E-state index is 5.91. The van der Waals surface area contributed by atoms with Gasteiger partial charge in [-0.1, -0.05) is 13.8 Å². The minimum atomic E-state index is 0.194. The maximum absolute atomic E-state index is 5.91. The molecule has 1 aliphatic rings. The largest absolute Gasteiger partial charge is 0.374 e. The van der Waals surface area contributed by atoms with Crippen LogP contribution in [0, 0.1) is 5.92 Å². The molecule has 1 fully saturated rings. The quantitative estimate of drug-likeness (QED) is 0.508. The Kier molecular flexibility index (Phi) is 8.53. The van der Waals surface area contributed by atoms with E-state index in [2.05, 4.69) is 64.7 Å². The van der Waals surface area contributed by atoms with Crippen LogP contribution in [0.15, 0.2) is 17.4 Å². The van der Waals surface area contributed by atoms with Crippen molar-refractivity contribution >= 4 is 5.96 Å². The summed E-state index contributed by atoms with van der Waals surface area (Å²) in [6, 6.07) is 0.227. The van der Waals surface area contributed by atoms with Crippen LogP contribution in [-0.4, -0.2) is 92.1 Å². The lowest BCUT2D eigenvalue weighted by Crippen LogP contribution is -2.50. The van der Waals surface area contributed by atoms with Crippen LogP contribution < -0.4 is 10.6 Å². The molecule has 8 heteroatoms. The van der Waals surface area contributed by atoms with Crippen LogP contribution in [0.1, 0.15) is 25.5 Å². The van der Waals surface area contributed by atoms with E-state index in [1.165, 1.54) is 5.56 Å². The Morgan fingerprint density at radius 1 is 1.41 bits per heavy atom. The van der Waals surface area contributed by atoms with Gasteiger partial charge in [-0.15, -0.1) is 0 Å². The lowest BCUT2D eigenvalue weighted by atomic mass is 10.1. The first-order valence-corrected chi connectivity index (χ1v) is 9.82. The number of nitrogens with zero attached hydrogens (tertiary/aromatic N) is 5. The van der Waals surface area contributed by atoms with Gasteiger partial charge in [0.25, 0.3) is 0 Å². The number of aromatic nitrogens is 2. The third-order valence-corrected chi connectivity index (χ3v) is 4.76. The summed E-state index contributed by atoms with van der Waals surface area (Å²) in [6.07, 6.45) is 4.17. The van der Waals surface area contributed by atoms with E-state index in [-0.39, 0.29) is 12.1 Å². The Morgan fingerprint density at radius 2 is 2.19 bits per heavy atom. The lowest BCUT2D eigenvalue weighted by molar-refractivity contribution is -0.0284. The Balaban J connectivity index is 1.81. The monoisotopic (exact) mass is 379 g/mol. The average molecular weight is 380 g/mol. The lowest BCUT2D eigenvalue weighted by Gasteiger charge is -2.34. The van der Waals surface area contributed by atoms with Gasteiger partial charge in [0.1, 0.15) is 0 Å². The summed E-state index contributed by atoms with van der Waals surface area (Å²) in [5.41, 5.74) is 1.19. The second-order valence-corrected chi connectivity index (χ2v) is 7.91. The van der Waals surface area contributed by atoms with Gasteiger partial charge in [0, 0.05) is 58.6 Å². The molecular weight excluding hydrogens is 342 g/mol. The maximum Gasteiger partial charge on any atom is 0.191 e.